The van der Waals surface area contributed by atoms with Crippen LogP contribution in [-0.2, 0) is 49.4 Å². The van der Waals surface area contributed by atoms with Crippen molar-refractivity contribution in [3.05, 3.63) is 29.8 Å². The lowest BCUT2D eigenvalue weighted by Crippen LogP contribution is -2.65. The summed E-state index contributed by atoms with van der Waals surface area (Å²) in [4.78, 5) is 23.9. The highest BCUT2D eigenvalue weighted by Crippen LogP contribution is 2.36. The molecule has 15 nitrogen and oxygen atoms in total. The van der Waals surface area contributed by atoms with Crippen LogP contribution in [0.15, 0.2) is 24.3 Å². The van der Waals surface area contributed by atoms with Gasteiger partial charge in [0.15, 0.2) is 6.10 Å². The van der Waals surface area contributed by atoms with E-state index in [0.717, 1.165) is 11.3 Å². The molecule has 0 aliphatic carbocycles. The lowest BCUT2D eigenvalue weighted by atomic mass is 9.85. The molecule has 1 aromatic rings. The van der Waals surface area contributed by atoms with Gasteiger partial charge < -0.3 is 63.6 Å². The Kier molecular flexibility index (Phi) is 33.9. The Morgan fingerprint density at radius 3 is 1.97 bits per heavy atom. The quantitative estimate of drug-likeness (QED) is 0.0518. The van der Waals surface area contributed by atoms with Crippen molar-refractivity contribution in [2.75, 3.05) is 58.6 Å². The van der Waals surface area contributed by atoms with Crippen molar-refractivity contribution in [3.8, 4) is 11.2 Å². The number of methoxy groups -OCH3 is 2. The first kappa shape index (κ1) is 66.7. The summed E-state index contributed by atoms with van der Waals surface area (Å²) in [5.41, 5.74) is -1.06. The Labute approximate surface area is 395 Å². The molecule has 1 aliphatic heterocycles. The highest BCUT2D eigenvalue weighted by molar-refractivity contribution is 8.35. The van der Waals surface area contributed by atoms with Crippen LogP contribution >= 0.6 is 10.0 Å². The minimum Gasteiger partial charge on any atom is -0.483 e. The monoisotopic (exact) mass is 952 g/mol. The van der Waals surface area contributed by atoms with E-state index in [-0.39, 0.29) is 32.5 Å². The van der Waals surface area contributed by atoms with E-state index in [1.807, 2.05) is 106 Å². The third-order valence-corrected chi connectivity index (χ3v) is 10.2. The molecule has 2 rings (SSSR count). The summed E-state index contributed by atoms with van der Waals surface area (Å²) >= 11 is 0. The smallest absolute Gasteiger partial charge is 0.338 e. The van der Waals surface area contributed by atoms with Crippen LogP contribution in [0.4, 0.5) is 5.69 Å². The van der Waals surface area contributed by atoms with Gasteiger partial charge in [-0.2, -0.15) is 10.0 Å². The molecular formula is C49H93NO14S. The molecule has 7 unspecified atom stereocenters. The largest absolute Gasteiger partial charge is 0.483 e. The molecule has 5 N–H and O–H groups in total. The van der Waals surface area contributed by atoms with Crippen LogP contribution in [-0.4, -0.2) is 170 Å². The normalized spacial score (nSPS) is 21.1. The van der Waals surface area contributed by atoms with Gasteiger partial charge in [-0.15, -0.1) is 0 Å². The van der Waals surface area contributed by atoms with Crippen LogP contribution < -0.4 is 4.90 Å². The first-order valence-electron chi connectivity index (χ1n) is 22.7. The highest BCUT2D eigenvalue weighted by atomic mass is 32.3. The van der Waals surface area contributed by atoms with E-state index >= 15 is 0 Å². The molecule has 0 saturated carbocycles. The number of carboxylic acid groups (broad SMARTS) is 1. The fourth-order valence-corrected chi connectivity index (χ4v) is 6.81. The van der Waals surface area contributed by atoms with Crippen molar-refractivity contribution in [3.63, 3.8) is 0 Å². The van der Waals surface area contributed by atoms with Crippen LogP contribution in [0, 0.1) is 11.2 Å². The maximum atomic E-state index is 13.6. The molecule has 384 valence electrons. The summed E-state index contributed by atoms with van der Waals surface area (Å²) in [7, 11) is 5.54. The molecule has 16 heteroatoms. The number of anilines is 1. The molecule has 1 heterocycles. The predicted octanol–water partition coefficient (Wildman–Crippen LogP) is 6.80. The van der Waals surface area contributed by atoms with Crippen molar-refractivity contribution in [2.24, 2.45) is 0 Å². The molecule has 1 fully saturated rings. The van der Waals surface area contributed by atoms with Gasteiger partial charge in [-0.3, -0.25) is 4.79 Å². The minimum atomic E-state index is -1.56. The molecule has 1 saturated heterocycles. The fraction of sp³-hybridized carbons (Fsp3) is 0.796. The van der Waals surface area contributed by atoms with Crippen molar-refractivity contribution >= 4 is 28.2 Å². The number of rotatable bonds is 20. The second-order valence-electron chi connectivity index (χ2n) is 17.9. The SMILES string of the molecule is CC.CC.CC.COC(C(=O)OCc1cccc(N(C)C)c1)[C@@H](OC(C)(C)CCOC(C)(C)C1OC(CC#CS(C)(C)C)[C@@H](OC(C)(C)C)C(O)C1O)C(O)C(O)C[C@@H](C)OC.O=CO. The molecule has 1 aliphatic rings. The van der Waals surface area contributed by atoms with E-state index in [1.165, 1.54) is 14.2 Å². The van der Waals surface area contributed by atoms with Gasteiger partial charge in [0, 0.05) is 46.8 Å². The number of benzene rings is 1. The lowest BCUT2D eigenvalue weighted by molar-refractivity contribution is -0.287. The molecule has 0 amide bonds. The summed E-state index contributed by atoms with van der Waals surface area (Å²) in [5, 5.41) is 55.4. The first-order valence-corrected chi connectivity index (χ1v) is 25.6. The summed E-state index contributed by atoms with van der Waals surface area (Å²) < 4.78 is 42.0. The van der Waals surface area contributed by atoms with Gasteiger partial charge >= 0.3 is 5.97 Å². The van der Waals surface area contributed by atoms with Gasteiger partial charge in [-0.25, -0.2) is 4.79 Å². The zero-order valence-electron chi connectivity index (χ0n) is 44.0. The third-order valence-electron chi connectivity index (χ3n) is 9.47. The number of aliphatic hydroxyl groups excluding tert-OH is 4. The van der Waals surface area contributed by atoms with Crippen LogP contribution in [0.1, 0.15) is 122 Å². The number of hydrogen-bond donors (Lipinski definition) is 5. The Morgan fingerprint density at radius 1 is 0.938 bits per heavy atom. The number of carbonyl (C=O) groups excluding carboxylic acids is 1. The number of nitrogens with zero attached hydrogens (tertiary/aromatic N) is 1. The van der Waals surface area contributed by atoms with Gasteiger partial charge in [-0.05, 0) is 98.3 Å². The van der Waals surface area contributed by atoms with Crippen molar-refractivity contribution in [2.45, 2.75) is 201 Å². The Hall–Kier alpha value is -2.53. The highest BCUT2D eigenvalue weighted by Gasteiger charge is 2.52. The zero-order valence-corrected chi connectivity index (χ0v) is 44.8. The maximum absolute atomic E-state index is 13.6. The Balaban J connectivity index is -0.00000398. The van der Waals surface area contributed by atoms with E-state index in [4.69, 9.17) is 43.1 Å². The average Bonchev–Trinajstić information content (AvgIpc) is 3.23. The molecule has 1 aromatic carbocycles. The van der Waals surface area contributed by atoms with Crippen molar-refractivity contribution in [1.82, 2.24) is 0 Å². The predicted molar refractivity (Wildman–Crippen MR) is 264 cm³/mol. The van der Waals surface area contributed by atoms with Crippen LogP contribution in [0.5, 0.6) is 0 Å². The van der Waals surface area contributed by atoms with Gasteiger partial charge in [0.1, 0.15) is 43.2 Å². The number of carbonyl (C=O) groups is 2. The van der Waals surface area contributed by atoms with Gasteiger partial charge in [0.25, 0.3) is 6.47 Å². The zero-order chi connectivity index (χ0) is 51.5. The Bertz CT molecular complexity index is 1470. The van der Waals surface area contributed by atoms with Crippen LogP contribution in [0.25, 0.3) is 0 Å². The fourth-order valence-electron chi connectivity index (χ4n) is 6.29. The van der Waals surface area contributed by atoms with Gasteiger partial charge in [0.2, 0.25) is 0 Å². The van der Waals surface area contributed by atoms with Crippen molar-refractivity contribution < 1.29 is 68.3 Å². The second-order valence-corrected chi connectivity index (χ2v) is 21.8. The Morgan fingerprint density at radius 2 is 1.49 bits per heavy atom. The molecule has 0 bridgehead atoms. The molecule has 0 spiro atoms. The summed E-state index contributed by atoms with van der Waals surface area (Å²) in [6, 6.07) is 7.54. The molecule has 0 aromatic heterocycles. The summed E-state index contributed by atoms with van der Waals surface area (Å²) in [5.74, 6) is 2.44. The van der Waals surface area contributed by atoms with E-state index in [2.05, 4.69) is 29.9 Å². The van der Waals surface area contributed by atoms with E-state index < -0.39 is 93.8 Å². The number of hydrogen-bond acceptors (Lipinski definition) is 14. The van der Waals surface area contributed by atoms with Gasteiger partial charge in [0.05, 0.1) is 41.7 Å². The standard InChI is InChI=1S/C42H73NO12S.3C2H6.CH2O2/c1-27(49-11)24-30(44)32(45)36(37(50-12)39(48)51-26-28-18-16-19-29(25-28)43(9)10)55-41(5,6)21-22-52-42(7,8)38-34(47)33(46)35(54-40(2,3)4)31(53-38)20-17-23-56(13,14)15;3*1-2;2-1-3/h16,18-19,25,27,30-38,44-47H,20-22,24,26H2,1-15H3;3*1-2H3;1H,(H,2,3)/t27-,30?,31?,32?,33?,34?,35-,36+,37?,38?;;;;/m1..../s1. The summed E-state index contributed by atoms with van der Waals surface area (Å²) in [6.07, 6.45) is -4.11. The van der Waals surface area contributed by atoms with E-state index in [1.54, 1.807) is 34.6 Å². The molecule has 65 heavy (non-hydrogen) atoms. The first-order chi connectivity index (χ1) is 30.1. The van der Waals surface area contributed by atoms with Crippen LogP contribution in [0.3, 0.4) is 0 Å². The topological polar surface area (TPSA) is 203 Å². The molecule has 10 atom stereocenters. The average molecular weight is 952 g/mol. The number of esters is 1. The van der Waals surface area contributed by atoms with Gasteiger partial charge in [-0.1, -0.05) is 64.8 Å². The molecule has 0 radical (unpaired) electrons. The number of aliphatic hydroxyl groups is 4. The number of ether oxygens (including phenoxy) is 7. The van der Waals surface area contributed by atoms with Crippen LogP contribution in [0.2, 0.25) is 0 Å². The lowest BCUT2D eigenvalue weighted by Gasteiger charge is -2.49. The second kappa shape index (κ2) is 33.0. The molecular weight excluding hydrogens is 859 g/mol. The van der Waals surface area contributed by atoms with E-state index in [0.29, 0.717) is 6.42 Å². The minimum absolute atomic E-state index is 0.0450. The van der Waals surface area contributed by atoms with Crippen molar-refractivity contribution in [1.29, 1.82) is 0 Å². The summed E-state index contributed by atoms with van der Waals surface area (Å²) in [6.45, 7) is 26.3. The van der Waals surface area contributed by atoms with E-state index in [9.17, 15) is 25.2 Å². The third kappa shape index (κ3) is 26.0. The maximum Gasteiger partial charge on any atom is 0.338 e.